The van der Waals surface area contributed by atoms with E-state index in [1.54, 1.807) is 6.92 Å². The van der Waals surface area contributed by atoms with Crippen LogP contribution in [0.25, 0.3) is 0 Å². The Bertz CT molecular complexity index is 224. The Labute approximate surface area is 79.5 Å². The summed E-state index contributed by atoms with van der Waals surface area (Å²) >= 11 is 0. The second-order valence-corrected chi connectivity index (χ2v) is 3.29. The lowest BCUT2D eigenvalue weighted by Crippen LogP contribution is -2.17. The topological polar surface area (TPSA) is 74.6 Å². The van der Waals surface area contributed by atoms with Crippen molar-refractivity contribution in [2.75, 3.05) is 0 Å². The van der Waals surface area contributed by atoms with Crippen LogP contribution in [0, 0.1) is 11.3 Å². The lowest BCUT2D eigenvalue weighted by atomic mass is 10.2. The molecule has 1 atom stereocenters. The molecule has 13 heavy (non-hydrogen) atoms. The van der Waals surface area contributed by atoms with Gasteiger partial charge >= 0.3 is 0 Å². The van der Waals surface area contributed by atoms with Gasteiger partial charge in [0, 0.05) is 12.3 Å². The van der Waals surface area contributed by atoms with Gasteiger partial charge in [0.1, 0.15) is 5.84 Å². The van der Waals surface area contributed by atoms with Crippen LogP contribution in [0.4, 0.5) is 0 Å². The Morgan fingerprint density at radius 1 is 1.38 bits per heavy atom. The molecule has 3 N–H and O–H groups in total. The summed E-state index contributed by atoms with van der Waals surface area (Å²) in [5.74, 6) is 1.04. The molecule has 74 valence electrons. The molecule has 4 heteroatoms. The first-order valence-corrected chi connectivity index (χ1v) is 4.36. The number of hydrogen-bond donors (Lipinski definition) is 2. The number of nitrogens with two attached hydrogens (primary N) is 1. The van der Waals surface area contributed by atoms with Crippen molar-refractivity contribution in [2.45, 2.75) is 33.7 Å². The molecule has 0 rings (SSSR count). The lowest BCUT2D eigenvalue weighted by Gasteiger charge is -2.07. The summed E-state index contributed by atoms with van der Waals surface area (Å²) in [5.41, 5.74) is 5.46. The maximum Gasteiger partial charge on any atom is 0.133 e. The van der Waals surface area contributed by atoms with Crippen LogP contribution in [0.3, 0.4) is 0 Å². The van der Waals surface area contributed by atoms with Crippen molar-refractivity contribution in [3.8, 4) is 0 Å². The highest BCUT2D eigenvalue weighted by Crippen LogP contribution is 2.00. The zero-order valence-corrected chi connectivity index (χ0v) is 8.70. The van der Waals surface area contributed by atoms with E-state index in [4.69, 9.17) is 11.1 Å². The van der Waals surface area contributed by atoms with Crippen molar-refractivity contribution in [3.05, 3.63) is 0 Å². The largest absolute Gasteiger partial charge is 0.387 e. The summed E-state index contributed by atoms with van der Waals surface area (Å²) in [4.78, 5) is 8.37. The quantitative estimate of drug-likeness (QED) is 0.503. The van der Waals surface area contributed by atoms with Crippen molar-refractivity contribution < 1.29 is 0 Å². The molecule has 0 aromatic rings. The molecule has 0 spiro atoms. The molecule has 0 saturated carbocycles. The van der Waals surface area contributed by atoms with Crippen molar-refractivity contribution in [3.63, 3.8) is 0 Å². The molecule has 0 heterocycles. The number of hydrogen-bond acceptors (Lipinski definition) is 2. The standard InChI is InChI=1S/C9H18N4/c1-6(2)12-9(7(3)5-10)13-8(4)11/h5-7,10H,1-4H3,(H2,11,12,13). The van der Waals surface area contributed by atoms with Gasteiger partial charge in [-0.15, -0.1) is 0 Å². The number of amidine groups is 2. The fourth-order valence-electron chi connectivity index (χ4n) is 0.768. The van der Waals surface area contributed by atoms with E-state index in [1.165, 1.54) is 6.21 Å². The van der Waals surface area contributed by atoms with Gasteiger partial charge in [-0.25, -0.2) is 4.99 Å². The van der Waals surface area contributed by atoms with Crippen LogP contribution in [0.15, 0.2) is 9.98 Å². The average Bonchev–Trinajstić information content (AvgIpc) is 2.00. The van der Waals surface area contributed by atoms with E-state index in [0.717, 1.165) is 0 Å². The summed E-state index contributed by atoms with van der Waals surface area (Å²) in [6, 6.07) is 0.181. The van der Waals surface area contributed by atoms with Gasteiger partial charge in [-0.3, -0.25) is 4.99 Å². The maximum absolute atomic E-state index is 7.11. The van der Waals surface area contributed by atoms with Gasteiger partial charge in [-0.1, -0.05) is 6.92 Å². The van der Waals surface area contributed by atoms with E-state index in [-0.39, 0.29) is 12.0 Å². The maximum atomic E-state index is 7.11. The smallest absolute Gasteiger partial charge is 0.133 e. The molecule has 0 radical (unpaired) electrons. The highest BCUT2D eigenvalue weighted by molar-refractivity contribution is 6.02. The monoisotopic (exact) mass is 182 g/mol. The van der Waals surface area contributed by atoms with Crippen LogP contribution in [0.1, 0.15) is 27.7 Å². The Hall–Kier alpha value is -1.19. The van der Waals surface area contributed by atoms with E-state index in [2.05, 4.69) is 9.98 Å². The third kappa shape index (κ3) is 5.11. The first-order chi connectivity index (χ1) is 5.97. The summed E-state index contributed by atoms with van der Waals surface area (Å²) in [5, 5.41) is 7.11. The molecular weight excluding hydrogens is 164 g/mol. The Morgan fingerprint density at radius 3 is 2.23 bits per heavy atom. The number of rotatable bonds is 3. The molecule has 0 aromatic heterocycles. The SMILES string of the molecule is CC(N)=NC(=NC(C)C)C(C)C=N. The molecule has 0 amide bonds. The second kappa shape index (κ2) is 5.45. The number of nitrogens with zero attached hydrogens (tertiary/aromatic N) is 2. The molecular formula is C9H18N4. The van der Waals surface area contributed by atoms with E-state index in [0.29, 0.717) is 11.7 Å². The molecule has 0 fully saturated rings. The average molecular weight is 182 g/mol. The van der Waals surface area contributed by atoms with Crippen molar-refractivity contribution in [2.24, 2.45) is 21.6 Å². The molecule has 0 aromatic carbocycles. The minimum atomic E-state index is -0.0686. The first-order valence-electron chi connectivity index (χ1n) is 4.36. The van der Waals surface area contributed by atoms with Crippen LogP contribution < -0.4 is 5.73 Å². The van der Waals surface area contributed by atoms with Gasteiger partial charge in [0.15, 0.2) is 0 Å². The zero-order chi connectivity index (χ0) is 10.4. The zero-order valence-electron chi connectivity index (χ0n) is 8.70. The van der Waals surface area contributed by atoms with E-state index in [1.807, 2.05) is 20.8 Å². The van der Waals surface area contributed by atoms with Crippen LogP contribution in [-0.4, -0.2) is 23.9 Å². The third-order valence-electron chi connectivity index (χ3n) is 1.34. The minimum Gasteiger partial charge on any atom is -0.387 e. The van der Waals surface area contributed by atoms with Crippen LogP contribution in [0.2, 0.25) is 0 Å². The van der Waals surface area contributed by atoms with Gasteiger partial charge in [0.25, 0.3) is 0 Å². The van der Waals surface area contributed by atoms with Gasteiger partial charge in [0.05, 0.1) is 11.8 Å². The summed E-state index contributed by atoms with van der Waals surface area (Å²) in [7, 11) is 0. The van der Waals surface area contributed by atoms with Gasteiger partial charge in [-0.2, -0.15) is 0 Å². The predicted octanol–water partition coefficient (Wildman–Crippen LogP) is 1.46. The van der Waals surface area contributed by atoms with Gasteiger partial charge < -0.3 is 11.1 Å². The van der Waals surface area contributed by atoms with Crippen LogP contribution >= 0.6 is 0 Å². The normalized spacial score (nSPS) is 16.1. The van der Waals surface area contributed by atoms with E-state index in [9.17, 15) is 0 Å². The Morgan fingerprint density at radius 2 is 1.92 bits per heavy atom. The number of nitrogens with one attached hydrogen (secondary N) is 1. The lowest BCUT2D eigenvalue weighted by molar-refractivity contribution is 0.819. The van der Waals surface area contributed by atoms with E-state index < -0.39 is 0 Å². The highest BCUT2D eigenvalue weighted by atomic mass is 15.0. The first kappa shape index (κ1) is 11.8. The molecule has 0 aliphatic carbocycles. The summed E-state index contributed by atoms with van der Waals surface area (Å²) < 4.78 is 0. The number of aliphatic imine (C=N–C) groups is 2. The van der Waals surface area contributed by atoms with Crippen molar-refractivity contribution in [1.82, 2.24) is 0 Å². The predicted molar refractivity (Wildman–Crippen MR) is 57.8 cm³/mol. The van der Waals surface area contributed by atoms with Crippen LogP contribution in [0.5, 0.6) is 0 Å². The van der Waals surface area contributed by atoms with Gasteiger partial charge in [-0.05, 0) is 20.8 Å². The highest BCUT2D eigenvalue weighted by Gasteiger charge is 2.06. The van der Waals surface area contributed by atoms with Crippen molar-refractivity contribution in [1.29, 1.82) is 5.41 Å². The van der Waals surface area contributed by atoms with Crippen LogP contribution in [-0.2, 0) is 0 Å². The second-order valence-electron chi connectivity index (χ2n) is 3.29. The molecule has 4 nitrogen and oxygen atoms in total. The molecule has 0 aliphatic rings. The molecule has 0 saturated heterocycles. The van der Waals surface area contributed by atoms with Crippen molar-refractivity contribution >= 4 is 17.9 Å². The fourth-order valence-corrected chi connectivity index (χ4v) is 0.768. The molecule has 1 unspecified atom stereocenters. The van der Waals surface area contributed by atoms with E-state index >= 15 is 0 Å². The Balaban J connectivity index is 4.75. The minimum absolute atomic E-state index is 0.0686. The molecule has 0 bridgehead atoms. The summed E-state index contributed by atoms with van der Waals surface area (Å²) in [6.07, 6.45) is 1.31. The van der Waals surface area contributed by atoms with Gasteiger partial charge in [0.2, 0.25) is 0 Å². The third-order valence-corrected chi connectivity index (χ3v) is 1.34. The fraction of sp³-hybridized carbons (Fsp3) is 0.667. The summed E-state index contributed by atoms with van der Waals surface area (Å²) in [6.45, 7) is 7.53. The Kier molecular flexibility index (Phi) is 4.96. The molecule has 0 aliphatic heterocycles.